The van der Waals surface area contributed by atoms with Crippen LogP contribution in [0.5, 0.6) is 5.75 Å². The van der Waals surface area contributed by atoms with Crippen LogP contribution in [-0.4, -0.2) is 41.4 Å². The summed E-state index contributed by atoms with van der Waals surface area (Å²) in [5, 5.41) is 3.26. The summed E-state index contributed by atoms with van der Waals surface area (Å²) in [4.78, 5) is 32.1. The van der Waals surface area contributed by atoms with Gasteiger partial charge in [-0.15, -0.1) is 0 Å². The summed E-state index contributed by atoms with van der Waals surface area (Å²) in [5.74, 6) is 1.20. The van der Waals surface area contributed by atoms with Crippen LogP contribution in [0.15, 0.2) is 29.3 Å². The minimum Gasteiger partial charge on any atom is -0.493 e. The number of aliphatic imine (C=N–C) groups is 1. The smallest absolute Gasteiger partial charge is 0.231 e. The molecule has 1 unspecified atom stereocenters. The summed E-state index contributed by atoms with van der Waals surface area (Å²) in [6.07, 6.45) is 2.74. The first-order chi connectivity index (χ1) is 14.7. The molecule has 0 spiro atoms. The molecule has 1 fully saturated rings. The lowest BCUT2D eigenvalue weighted by molar-refractivity contribution is -0.130. The van der Waals surface area contributed by atoms with E-state index in [-0.39, 0.29) is 40.6 Å². The second kappa shape index (κ2) is 7.84. The highest BCUT2D eigenvalue weighted by Crippen LogP contribution is 2.45. The van der Waals surface area contributed by atoms with Gasteiger partial charge in [-0.3, -0.25) is 14.5 Å². The van der Waals surface area contributed by atoms with Crippen LogP contribution in [0.1, 0.15) is 65.0 Å². The average Bonchev–Trinajstić information content (AvgIpc) is 3.52. The Balaban J connectivity index is 1.41. The van der Waals surface area contributed by atoms with Gasteiger partial charge in [0.25, 0.3) is 0 Å². The fourth-order valence-electron chi connectivity index (χ4n) is 4.85. The summed E-state index contributed by atoms with van der Waals surface area (Å²) < 4.78 is 5.88. The molecule has 1 aliphatic carbocycles. The molecular weight excluding hydrogens is 392 g/mol. The first-order valence-electron chi connectivity index (χ1n) is 11.4. The van der Waals surface area contributed by atoms with Crippen LogP contribution >= 0.6 is 0 Å². The average molecular weight is 427 g/mol. The largest absolute Gasteiger partial charge is 0.493 e. The van der Waals surface area contributed by atoms with Gasteiger partial charge in [-0.25, -0.2) is 4.99 Å². The second-order valence-electron chi connectivity index (χ2n) is 9.94. The molecular formula is C24H34N4O3. The number of ether oxygens (including phenoxy) is 1. The SMILES string of the molecule is CCC1(CC)CC(=O)N(C[C@H]2CC2C(=O)N[C@@H]2c3ccccc3OCC2(C)C)C(N)=N1. The number of amides is 2. The lowest BCUT2D eigenvalue weighted by atomic mass is 9.79. The van der Waals surface area contributed by atoms with Gasteiger partial charge in [0.15, 0.2) is 5.96 Å². The van der Waals surface area contributed by atoms with E-state index in [1.165, 1.54) is 0 Å². The number of guanidine groups is 1. The Labute approximate surface area is 184 Å². The maximum Gasteiger partial charge on any atom is 0.231 e. The van der Waals surface area contributed by atoms with Gasteiger partial charge < -0.3 is 15.8 Å². The molecule has 3 aliphatic rings. The number of carbonyl (C=O) groups is 2. The van der Waals surface area contributed by atoms with E-state index < -0.39 is 0 Å². The zero-order valence-corrected chi connectivity index (χ0v) is 19.0. The summed E-state index contributed by atoms with van der Waals surface area (Å²) in [7, 11) is 0. The van der Waals surface area contributed by atoms with E-state index in [4.69, 9.17) is 10.5 Å². The van der Waals surface area contributed by atoms with E-state index in [2.05, 4.69) is 24.2 Å². The number of hydrogen-bond acceptors (Lipinski definition) is 5. The van der Waals surface area contributed by atoms with Crippen LogP contribution in [0, 0.1) is 17.3 Å². The van der Waals surface area contributed by atoms with Gasteiger partial charge in [0.05, 0.1) is 24.6 Å². The number of carbonyl (C=O) groups excluding carboxylic acids is 2. The Morgan fingerprint density at radius 2 is 2.00 bits per heavy atom. The summed E-state index contributed by atoms with van der Waals surface area (Å²) >= 11 is 0. The monoisotopic (exact) mass is 426 g/mol. The Bertz CT molecular complexity index is 906. The first-order valence-corrected chi connectivity index (χ1v) is 11.4. The molecule has 0 radical (unpaired) electrons. The summed E-state index contributed by atoms with van der Waals surface area (Å²) in [6, 6.07) is 7.77. The van der Waals surface area contributed by atoms with E-state index in [1.54, 1.807) is 4.90 Å². The van der Waals surface area contributed by atoms with Gasteiger partial charge >= 0.3 is 0 Å². The lowest BCUT2D eigenvalue weighted by Gasteiger charge is -2.40. The Kier molecular flexibility index (Phi) is 5.48. The van der Waals surface area contributed by atoms with Crippen molar-refractivity contribution >= 4 is 17.8 Å². The predicted octanol–water partition coefficient (Wildman–Crippen LogP) is 3.00. The molecule has 3 N–H and O–H groups in total. The van der Waals surface area contributed by atoms with Crippen molar-refractivity contribution in [2.45, 2.75) is 65.0 Å². The number of nitrogens with one attached hydrogen (secondary N) is 1. The fourth-order valence-corrected chi connectivity index (χ4v) is 4.85. The maximum atomic E-state index is 13.1. The number of nitrogens with zero attached hydrogens (tertiary/aromatic N) is 2. The standard InChI is InChI=1S/C24H34N4O3/c1-5-24(6-2)12-19(29)28(22(25)27-24)13-15-11-17(15)21(30)26-20-16-9-7-8-10-18(16)31-14-23(20,3)4/h7-10,15,17,20H,5-6,11-14H2,1-4H3,(H2,25,27)(H,26,30)/t15-,17?,20-/m1/s1. The molecule has 1 saturated carbocycles. The third-order valence-corrected chi connectivity index (χ3v) is 7.30. The first kappa shape index (κ1) is 21.7. The number of benzene rings is 1. The van der Waals surface area contributed by atoms with E-state index >= 15 is 0 Å². The lowest BCUT2D eigenvalue weighted by Crippen LogP contribution is -2.52. The number of rotatable bonds is 6. The zero-order chi connectivity index (χ0) is 22.4. The Hall–Kier alpha value is -2.57. The van der Waals surface area contributed by atoms with Gasteiger partial charge in [-0.05, 0) is 31.2 Å². The molecule has 3 atom stereocenters. The number of nitrogens with two attached hydrogens (primary N) is 1. The quantitative estimate of drug-likeness (QED) is 0.731. The highest BCUT2D eigenvalue weighted by Gasteiger charge is 2.48. The van der Waals surface area contributed by atoms with E-state index in [9.17, 15) is 9.59 Å². The normalized spacial score (nSPS) is 28.3. The van der Waals surface area contributed by atoms with Crippen LogP contribution < -0.4 is 15.8 Å². The van der Waals surface area contributed by atoms with Crippen LogP contribution in [0.3, 0.4) is 0 Å². The van der Waals surface area contributed by atoms with Crippen molar-refractivity contribution in [3.05, 3.63) is 29.8 Å². The molecule has 1 aromatic rings. The van der Waals surface area contributed by atoms with E-state index in [0.29, 0.717) is 25.5 Å². The van der Waals surface area contributed by atoms with Crippen LogP contribution in [0.25, 0.3) is 0 Å². The molecule has 2 heterocycles. The topological polar surface area (TPSA) is 97.0 Å². The summed E-state index contributed by atoms with van der Waals surface area (Å²) in [6.45, 7) is 9.31. The number of fused-ring (bicyclic) bond motifs is 1. The second-order valence-corrected chi connectivity index (χ2v) is 9.94. The van der Waals surface area contributed by atoms with E-state index in [0.717, 1.165) is 30.6 Å². The van der Waals surface area contributed by atoms with Crippen molar-refractivity contribution in [2.75, 3.05) is 13.2 Å². The van der Waals surface area contributed by atoms with Crippen molar-refractivity contribution in [2.24, 2.45) is 28.0 Å². The third-order valence-electron chi connectivity index (χ3n) is 7.30. The Morgan fingerprint density at radius 3 is 2.68 bits per heavy atom. The van der Waals surface area contributed by atoms with Crippen molar-refractivity contribution < 1.29 is 14.3 Å². The maximum absolute atomic E-state index is 13.1. The highest BCUT2D eigenvalue weighted by molar-refractivity contribution is 5.99. The van der Waals surface area contributed by atoms with Crippen molar-refractivity contribution in [1.29, 1.82) is 0 Å². The third kappa shape index (κ3) is 4.02. The van der Waals surface area contributed by atoms with Crippen LogP contribution in [0.4, 0.5) is 0 Å². The Morgan fingerprint density at radius 1 is 1.29 bits per heavy atom. The molecule has 2 amide bonds. The molecule has 168 valence electrons. The highest BCUT2D eigenvalue weighted by atomic mass is 16.5. The fraction of sp³-hybridized carbons (Fsp3) is 0.625. The number of para-hydroxylation sites is 1. The molecule has 1 aromatic carbocycles. The molecule has 2 aliphatic heterocycles. The van der Waals surface area contributed by atoms with Crippen molar-refractivity contribution in [3.63, 3.8) is 0 Å². The molecule has 7 nitrogen and oxygen atoms in total. The molecule has 0 aromatic heterocycles. The van der Waals surface area contributed by atoms with Crippen LogP contribution in [-0.2, 0) is 9.59 Å². The molecule has 7 heteroatoms. The minimum atomic E-state index is -0.375. The van der Waals surface area contributed by atoms with Gasteiger partial charge in [-0.2, -0.15) is 0 Å². The van der Waals surface area contributed by atoms with Gasteiger partial charge in [0.2, 0.25) is 11.8 Å². The van der Waals surface area contributed by atoms with Crippen LogP contribution in [0.2, 0.25) is 0 Å². The zero-order valence-electron chi connectivity index (χ0n) is 19.0. The van der Waals surface area contributed by atoms with Crippen molar-refractivity contribution in [1.82, 2.24) is 10.2 Å². The number of hydrogen-bond donors (Lipinski definition) is 2. The molecule has 0 saturated heterocycles. The molecule has 4 rings (SSSR count). The molecule has 31 heavy (non-hydrogen) atoms. The van der Waals surface area contributed by atoms with Crippen molar-refractivity contribution in [3.8, 4) is 5.75 Å². The molecule has 0 bridgehead atoms. The summed E-state index contributed by atoms with van der Waals surface area (Å²) in [5.41, 5.74) is 6.60. The van der Waals surface area contributed by atoms with Gasteiger partial charge in [0.1, 0.15) is 5.75 Å². The minimum absolute atomic E-state index is 0.0155. The van der Waals surface area contributed by atoms with Gasteiger partial charge in [-0.1, -0.05) is 45.9 Å². The van der Waals surface area contributed by atoms with E-state index in [1.807, 2.05) is 38.1 Å². The van der Waals surface area contributed by atoms with Gasteiger partial charge in [0, 0.05) is 23.4 Å². The predicted molar refractivity (Wildman–Crippen MR) is 119 cm³/mol.